The Balaban J connectivity index is 1.55. The molecule has 0 atom stereocenters. The molecular weight excluding hydrogens is 425 g/mol. The van der Waals surface area contributed by atoms with Gasteiger partial charge in [0.15, 0.2) is 0 Å². The zero-order valence-corrected chi connectivity index (χ0v) is 17.2. The van der Waals surface area contributed by atoms with Gasteiger partial charge >= 0.3 is 6.18 Å². The van der Waals surface area contributed by atoms with Crippen LogP contribution in [-0.2, 0) is 11.0 Å². The summed E-state index contributed by atoms with van der Waals surface area (Å²) in [5.74, 6) is -0.180. The number of hydrogen-bond donors (Lipinski definition) is 1. The SMILES string of the molecule is COc1cc2nn([C@H]3CC[C@H](C=O)CC3)cc2cc1NC(=O)c1ccc(C(F)(F)F)cn1. The van der Waals surface area contributed by atoms with Gasteiger partial charge in [-0.1, -0.05) is 0 Å². The van der Waals surface area contributed by atoms with Crippen LogP contribution in [0.5, 0.6) is 5.75 Å². The Bertz CT molecular complexity index is 1130. The molecule has 32 heavy (non-hydrogen) atoms. The maximum atomic E-state index is 12.7. The molecular formula is C22H21F3N4O3. The van der Waals surface area contributed by atoms with E-state index in [2.05, 4.69) is 15.4 Å². The molecule has 0 radical (unpaired) electrons. The Kier molecular flexibility index (Phi) is 5.86. The molecule has 2 aromatic heterocycles. The van der Waals surface area contributed by atoms with E-state index >= 15 is 0 Å². The maximum absolute atomic E-state index is 12.7. The van der Waals surface area contributed by atoms with E-state index in [0.29, 0.717) is 23.2 Å². The zero-order chi connectivity index (χ0) is 22.9. The third-order valence-corrected chi connectivity index (χ3v) is 5.72. The summed E-state index contributed by atoms with van der Waals surface area (Å²) >= 11 is 0. The Morgan fingerprint density at radius 1 is 1.22 bits per heavy atom. The summed E-state index contributed by atoms with van der Waals surface area (Å²) in [6, 6.07) is 5.43. The number of carbonyl (C=O) groups excluding carboxylic acids is 2. The fourth-order valence-electron chi connectivity index (χ4n) is 3.91. The number of pyridine rings is 1. The molecule has 1 aliphatic carbocycles. The smallest absolute Gasteiger partial charge is 0.417 e. The van der Waals surface area contributed by atoms with Crippen molar-refractivity contribution in [3.8, 4) is 5.75 Å². The molecule has 0 unspecified atom stereocenters. The van der Waals surface area contributed by atoms with Crippen LogP contribution in [0.25, 0.3) is 10.9 Å². The summed E-state index contributed by atoms with van der Waals surface area (Å²) in [6.45, 7) is 0. The quantitative estimate of drug-likeness (QED) is 0.577. The number of alkyl halides is 3. The third-order valence-electron chi connectivity index (χ3n) is 5.72. The van der Waals surface area contributed by atoms with Gasteiger partial charge in [0, 0.05) is 29.8 Å². The van der Waals surface area contributed by atoms with Crippen LogP contribution in [0, 0.1) is 5.92 Å². The van der Waals surface area contributed by atoms with Gasteiger partial charge < -0.3 is 14.8 Å². The Hall–Kier alpha value is -3.43. The largest absolute Gasteiger partial charge is 0.494 e. The molecule has 2 heterocycles. The highest BCUT2D eigenvalue weighted by Gasteiger charge is 2.31. The van der Waals surface area contributed by atoms with Crippen LogP contribution in [0.1, 0.15) is 47.8 Å². The number of aldehydes is 1. The molecule has 1 saturated carbocycles. The minimum absolute atomic E-state index is 0.108. The van der Waals surface area contributed by atoms with Gasteiger partial charge in [-0.15, -0.1) is 0 Å². The minimum Gasteiger partial charge on any atom is -0.494 e. The number of aromatic nitrogens is 3. The molecule has 0 spiro atoms. The first-order valence-electron chi connectivity index (χ1n) is 10.2. The van der Waals surface area contributed by atoms with Gasteiger partial charge in [-0.05, 0) is 43.9 Å². The van der Waals surface area contributed by atoms with Crippen molar-refractivity contribution >= 4 is 28.8 Å². The van der Waals surface area contributed by atoms with E-state index in [-0.39, 0.29) is 17.7 Å². The van der Waals surface area contributed by atoms with Crippen LogP contribution < -0.4 is 10.1 Å². The molecule has 1 fully saturated rings. The van der Waals surface area contributed by atoms with Crippen LogP contribution in [0.4, 0.5) is 18.9 Å². The van der Waals surface area contributed by atoms with Crippen LogP contribution in [0.2, 0.25) is 0 Å². The lowest BCUT2D eigenvalue weighted by Crippen LogP contribution is -2.19. The van der Waals surface area contributed by atoms with Crippen molar-refractivity contribution in [1.82, 2.24) is 14.8 Å². The van der Waals surface area contributed by atoms with Crippen molar-refractivity contribution in [2.24, 2.45) is 5.92 Å². The number of methoxy groups -OCH3 is 1. The van der Waals surface area contributed by atoms with E-state index in [0.717, 1.165) is 49.5 Å². The van der Waals surface area contributed by atoms with Crippen molar-refractivity contribution in [3.05, 3.63) is 47.9 Å². The average Bonchev–Trinajstić information content (AvgIpc) is 3.21. The maximum Gasteiger partial charge on any atom is 0.417 e. The first-order valence-corrected chi connectivity index (χ1v) is 10.2. The molecule has 0 aliphatic heterocycles. The number of nitrogens with one attached hydrogen (secondary N) is 1. The molecule has 4 rings (SSSR count). The van der Waals surface area contributed by atoms with E-state index in [4.69, 9.17) is 4.74 Å². The van der Waals surface area contributed by atoms with E-state index in [1.54, 1.807) is 12.1 Å². The standard InChI is InChI=1S/C22H21F3N4O3/c1-32-20-9-18-14(11-29(28-18)16-5-2-13(12-30)3-6-16)8-19(20)27-21(31)17-7-4-15(10-26-17)22(23,24)25/h4,7-13,16H,2-3,5-6H2,1H3,(H,27,31)/t13-,16-. The molecule has 1 N–H and O–H groups in total. The van der Waals surface area contributed by atoms with E-state index in [1.807, 2.05) is 10.9 Å². The monoisotopic (exact) mass is 446 g/mol. The van der Waals surface area contributed by atoms with Gasteiger partial charge in [0.2, 0.25) is 0 Å². The highest BCUT2D eigenvalue weighted by molar-refractivity contribution is 6.05. The molecule has 1 aromatic carbocycles. The highest BCUT2D eigenvalue weighted by Crippen LogP contribution is 2.35. The number of fused-ring (bicyclic) bond motifs is 1. The highest BCUT2D eigenvalue weighted by atomic mass is 19.4. The number of nitrogens with zero attached hydrogens (tertiary/aromatic N) is 3. The predicted octanol–water partition coefficient (Wildman–Crippen LogP) is 4.64. The molecule has 168 valence electrons. The summed E-state index contributed by atoms with van der Waals surface area (Å²) < 4.78 is 45.4. The molecule has 3 aromatic rings. The van der Waals surface area contributed by atoms with E-state index < -0.39 is 17.6 Å². The number of carbonyl (C=O) groups is 2. The number of amides is 1. The van der Waals surface area contributed by atoms with Crippen molar-refractivity contribution in [1.29, 1.82) is 0 Å². The Morgan fingerprint density at radius 3 is 2.56 bits per heavy atom. The fourth-order valence-corrected chi connectivity index (χ4v) is 3.91. The Labute approximate surface area is 181 Å². The molecule has 1 aliphatic rings. The lowest BCUT2D eigenvalue weighted by molar-refractivity contribution is -0.137. The van der Waals surface area contributed by atoms with Gasteiger partial charge in [-0.25, -0.2) is 0 Å². The van der Waals surface area contributed by atoms with Crippen molar-refractivity contribution in [2.45, 2.75) is 37.9 Å². The summed E-state index contributed by atoms with van der Waals surface area (Å²) in [4.78, 5) is 27.1. The molecule has 7 nitrogen and oxygen atoms in total. The summed E-state index contributed by atoms with van der Waals surface area (Å²) in [7, 11) is 1.45. The van der Waals surface area contributed by atoms with Crippen LogP contribution in [0.15, 0.2) is 36.7 Å². The molecule has 0 saturated heterocycles. The van der Waals surface area contributed by atoms with Crippen molar-refractivity contribution in [3.63, 3.8) is 0 Å². The van der Waals surface area contributed by atoms with Crippen LogP contribution >= 0.6 is 0 Å². The second-order valence-corrected chi connectivity index (χ2v) is 7.81. The number of halogens is 3. The molecule has 0 bridgehead atoms. The minimum atomic E-state index is -4.52. The normalized spacial score (nSPS) is 19.0. The topological polar surface area (TPSA) is 86.1 Å². The van der Waals surface area contributed by atoms with E-state index in [1.165, 1.54) is 7.11 Å². The van der Waals surface area contributed by atoms with E-state index in [9.17, 15) is 22.8 Å². The summed E-state index contributed by atoms with van der Waals surface area (Å²) in [5, 5.41) is 8.05. The molecule has 1 amide bonds. The van der Waals surface area contributed by atoms with Gasteiger partial charge in [-0.3, -0.25) is 14.5 Å². The summed E-state index contributed by atoms with van der Waals surface area (Å²) in [5.41, 5.74) is -0.0358. The lowest BCUT2D eigenvalue weighted by Gasteiger charge is -2.25. The first-order chi connectivity index (χ1) is 15.3. The van der Waals surface area contributed by atoms with Crippen LogP contribution in [0.3, 0.4) is 0 Å². The van der Waals surface area contributed by atoms with Crippen LogP contribution in [-0.4, -0.2) is 34.1 Å². The number of anilines is 1. The fraction of sp³-hybridized carbons (Fsp3) is 0.364. The number of benzene rings is 1. The van der Waals surface area contributed by atoms with Gasteiger partial charge in [0.1, 0.15) is 17.7 Å². The average molecular weight is 446 g/mol. The third kappa shape index (κ3) is 4.44. The zero-order valence-electron chi connectivity index (χ0n) is 17.2. The number of ether oxygens (including phenoxy) is 1. The van der Waals surface area contributed by atoms with Crippen molar-refractivity contribution in [2.75, 3.05) is 12.4 Å². The van der Waals surface area contributed by atoms with Gasteiger partial charge in [-0.2, -0.15) is 18.3 Å². The van der Waals surface area contributed by atoms with Gasteiger partial charge in [0.25, 0.3) is 5.91 Å². The molecule has 10 heteroatoms. The summed E-state index contributed by atoms with van der Waals surface area (Å²) in [6.07, 6.45) is 2.37. The van der Waals surface area contributed by atoms with Crippen molar-refractivity contribution < 1.29 is 27.5 Å². The predicted molar refractivity (Wildman–Crippen MR) is 111 cm³/mol. The lowest BCUT2D eigenvalue weighted by atomic mass is 9.87. The first kappa shape index (κ1) is 21.8. The number of rotatable bonds is 5. The second-order valence-electron chi connectivity index (χ2n) is 7.81. The van der Waals surface area contributed by atoms with Gasteiger partial charge in [0.05, 0.1) is 29.9 Å². The Morgan fingerprint density at radius 2 is 1.97 bits per heavy atom. The number of hydrogen-bond acceptors (Lipinski definition) is 5. The second kappa shape index (κ2) is 8.60.